The number of carbonyl (C=O) groups excluding carboxylic acids is 1. The van der Waals surface area contributed by atoms with Crippen molar-refractivity contribution in [3.63, 3.8) is 0 Å². The molecule has 1 rings (SSSR count). The van der Waals surface area contributed by atoms with Crippen LogP contribution >= 0.6 is 0 Å². The van der Waals surface area contributed by atoms with Crippen molar-refractivity contribution in [1.29, 1.82) is 0 Å². The summed E-state index contributed by atoms with van der Waals surface area (Å²) in [6, 6.07) is -0.00264. The van der Waals surface area contributed by atoms with Gasteiger partial charge in [0, 0.05) is 6.04 Å². The maximum Gasteiger partial charge on any atom is 0.306 e. The van der Waals surface area contributed by atoms with Crippen molar-refractivity contribution >= 4 is 11.9 Å². The molecular formula is C8H14N2O3. The molecule has 4 N–H and O–H groups in total. The van der Waals surface area contributed by atoms with Gasteiger partial charge in [-0.15, -0.1) is 0 Å². The van der Waals surface area contributed by atoms with Gasteiger partial charge in [-0.3, -0.25) is 9.59 Å². The molecule has 0 bridgehead atoms. The summed E-state index contributed by atoms with van der Waals surface area (Å²) in [7, 11) is 0. The molecule has 0 aliphatic heterocycles. The molecule has 1 fully saturated rings. The zero-order valence-corrected chi connectivity index (χ0v) is 7.32. The number of aliphatic carboxylic acids is 1. The first-order chi connectivity index (χ1) is 6.13. The van der Waals surface area contributed by atoms with Crippen molar-refractivity contribution < 1.29 is 14.7 Å². The molecule has 0 unspecified atom stereocenters. The third kappa shape index (κ3) is 2.69. The van der Waals surface area contributed by atoms with Gasteiger partial charge in [-0.25, -0.2) is 0 Å². The maximum atomic E-state index is 10.9. The van der Waals surface area contributed by atoms with Gasteiger partial charge in [-0.2, -0.15) is 0 Å². The summed E-state index contributed by atoms with van der Waals surface area (Å²) in [6.45, 7) is -0.0335. The highest BCUT2D eigenvalue weighted by molar-refractivity contribution is 5.78. The number of carboxylic acid groups (broad SMARTS) is 1. The van der Waals surface area contributed by atoms with E-state index in [9.17, 15) is 9.59 Å². The summed E-state index contributed by atoms with van der Waals surface area (Å²) in [6.07, 6.45) is 1.91. The third-order valence-corrected chi connectivity index (χ3v) is 2.33. The van der Waals surface area contributed by atoms with Gasteiger partial charge in [0.05, 0.1) is 12.5 Å². The minimum absolute atomic E-state index is 0.00264. The van der Waals surface area contributed by atoms with Gasteiger partial charge in [0.2, 0.25) is 5.91 Å². The summed E-state index contributed by atoms with van der Waals surface area (Å²) >= 11 is 0. The highest BCUT2D eigenvalue weighted by atomic mass is 16.4. The molecule has 1 aliphatic carbocycles. The third-order valence-electron chi connectivity index (χ3n) is 2.33. The van der Waals surface area contributed by atoms with Crippen LogP contribution in [-0.2, 0) is 9.59 Å². The monoisotopic (exact) mass is 186 g/mol. The molecule has 0 aromatic rings. The molecule has 1 saturated carbocycles. The Morgan fingerprint density at radius 1 is 1.46 bits per heavy atom. The molecule has 1 amide bonds. The van der Waals surface area contributed by atoms with E-state index < -0.39 is 5.97 Å². The van der Waals surface area contributed by atoms with Crippen molar-refractivity contribution in [3.05, 3.63) is 0 Å². The van der Waals surface area contributed by atoms with Gasteiger partial charge in [-0.1, -0.05) is 0 Å². The van der Waals surface area contributed by atoms with E-state index in [-0.39, 0.29) is 24.4 Å². The number of amides is 1. The number of rotatable bonds is 3. The Hall–Kier alpha value is -1.10. The molecule has 0 heterocycles. The number of hydrogen-bond donors (Lipinski definition) is 3. The number of carboxylic acids is 1. The van der Waals surface area contributed by atoms with Crippen LogP contribution in [-0.4, -0.2) is 29.6 Å². The summed E-state index contributed by atoms with van der Waals surface area (Å²) in [5.74, 6) is -1.29. The van der Waals surface area contributed by atoms with Crippen molar-refractivity contribution in [3.8, 4) is 0 Å². The number of nitrogens with two attached hydrogens (primary N) is 1. The minimum Gasteiger partial charge on any atom is -0.481 e. The van der Waals surface area contributed by atoms with Crippen molar-refractivity contribution in [2.75, 3.05) is 6.54 Å². The van der Waals surface area contributed by atoms with Gasteiger partial charge in [0.15, 0.2) is 0 Å². The fraction of sp³-hybridized carbons (Fsp3) is 0.750. The van der Waals surface area contributed by atoms with Gasteiger partial charge in [0.1, 0.15) is 0 Å². The summed E-state index contributed by atoms with van der Waals surface area (Å²) in [5.41, 5.74) is 5.12. The quantitative estimate of drug-likeness (QED) is 0.544. The lowest BCUT2D eigenvalue weighted by Gasteiger charge is -2.10. The average Bonchev–Trinajstić information content (AvgIpc) is 2.52. The second-order valence-corrected chi connectivity index (χ2v) is 3.32. The minimum atomic E-state index is -0.774. The van der Waals surface area contributed by atoms with Crippen LogP contribution in [0.1, 0.15) is 19.3 Å². The van der Waals surface area contributed by atoms with E-state index in [2.05, 4.69) is 5.32 Å². The van der Waals surface area contributed by atoms with E-state index in [4.69, 9.17) is 10.8 Å². The van der Waals surface area contributed by atoms with E-state index >= 15 is 0 Å². The lowest BCUT2D eigenvalue weighted by Crippen LogP contribution is -2.37. The van der Waals surface area contributed by atoms with Crippen molar-refractivity contribution in [1.82, 2.24) is 5.32 Å². The smallest absolute Gasteiger partial charge is 0.306 e. The van der Waals surface area contributed by atoms with Crippen LogP contribution in [0.5, 0.6) is 0 Å². The normalized spacial score (nSPS) is 27.2. The molecule has 2 atom stereocenters. The number of carbonyl (C=O) groups is 2. The van der Waals surface area contributed by atoms with Crippen LogP contribution in [0.3, 0.4) is 0 Å². The van der Waals surface area contributed by atoms with Gasteiger partial charge in [0.25, 0.3) is 0 Å². The molecular weight excluding hydrogens is 172 g/mol. The molecule has 0 aromatic carbocycles. The zero-order valence-electron chi connectivity index (χ0n) is 7.32. The predicted octanol–water partition coefficient (Wildman–Crippen LogP) is -0.685. The molecule has 5 heteroatoms. The SMILES string of the molecule is NCC(=O)N[C@H]1CC[C@@H](C(=O)O)C1. The Morgan fingerprint density at radius 3 is 2.62 bits per heavy atom. The Labute approximate surface area is 76.3 Å². The van der Waals surface area contributed by atoms with Crippen LogP contribution in [0.4, 0.5) is 0 Å². The molecule has 0 spiro atoms. The van der Waals surface area contributed by atoms with Crippen LogP contribution < -0.4 is 11.1 Å². The van der Waals surface area contributed by atoms with Crippen LogP contribution in [0.25, 0.3) is 0 Å². The van der Waals surface area contributed by atoms with Crippen LogP contribution in [0, 0.1) is 5.92 Å². The summed E-state index contributed by atoms with van der Waals surface area (Å²) in [5, 5.41) is 11.4. The second-order valence-electron chi connectivity index (χ2n) is 3.32. The first kappa shape index (κ1) is 9.98. The summed E-state index contributed by atoms with van der Waals surface area (Å²) in [4.78, 5) is 21.4. The van der Waals surface area contributed by atoms with E-state index in [1.165, 1.54) is 0 Å². The molecule has 5 nitrogen and oxygen atoms in total. The fourth-order valence-corrected chi connectivity index (χ4v) is 1.62. The van der Waals surface area contributed by atoms with E-state index in [1.807, 2.05) is 0 Å². The molecule has 0 aromatic heterocycles. The molecule has 13 heavy (non-hydrogen) atoms. The standard InChI is InChI=1S/C8H14N2O3/c9-4-7(11)10-6-2-1-5(3-6)8(12)13/h5-6H,1-4,9H2,(H,10,11)(H,12,13)/t5-,6+/m1/s1. The van der Waals surface area contributed by atoms with E-state index in [1.54, 1.807) is 0 Å². The Balaban J connectivity index is 2.33. The van der Waals surface area contributed by atoms with Gasteiger partial charge < -0.3 is 16.2 Å². The number of nitrogens with one attached hydrogen (secondary N) is 1. The first-order valence-electron chi connectivity index (χ1n) is 4.35. The zero-order chi connectivity index (χ0) is 9.84. The van der Waals surface area contributed by atoms with Gasteiger partial charge in [-0.05, 0) is 19.3 Å². The Kier molecular flexibility index (Phi) is 3.25. The lowest BCUT2D eigenvalue weighted by molar-refractivity contribution is -0.141. The largest absolute Gasteiger partial charge is 0.481 e. The van der Waals surface area contributed by atoms with Crippen molar-refractivity contribution in [2.24, 2.45) is 11.7 Å². The molecule has 1 aliphatic rings. The second kappa shape index (κ2) is 4.23. The van der Waals surface area contributed by atoms with E-state index in [0.29, 0.717) is 12.8 Å². The topological polar surface area (TPSA) is 92.4 Å². The average molecular weight is 186 g/mol. The fourth-order valence-electron chi connectivity index (χ4n) is 1.62. The first-order valence-corrected chi connectivity index (χ1v) is 4.35. The van der Waals surface area contributed by atoms with Gasteiger partial charge >= 0.3 is 5.97 Å². The predicted molar refractivity (Wildman–Crippen MR) is 46.0 cm³/mol. The van der Waals surface area contributed by atoms with Crippen molar-refractivity contribution in [2.45, 2.75) is 25.3 Å². The number of hydrogen-bond acceptors (Lipinski definition) is 3. The Bertz CT molecular complexity index is 217. The highest BCUT2D eigenvalue weighted by Crippen LogP contribution is 2.25. The molecule has 0 saturated heterocycles. The Morgan fingerprint density at radius 2 is 2.15 bits per heavy atom. The van der Waals surface area contributed by atoms with E-state index in [0.717, 1.165) is 6.42 Å². The maximum absolute atomic E-state index is 10.9. The molecule has 0 radical (unpaired) electrons. The summed E-state index contributed by atoms with van der Waals surface area (Å²) < 4.78 is 0. The molecule has 74 valence electrons. The lowest BCUT2D eigenvalue weighted by atomic mass is 10.1. The highest BCUT2D eigenvalue weighted by Gasteiger charge is 2.30. The van der Waals surface area contributed by atoms with Crippen LogP contribution in [0.2, 0.25) is 0 Å². The van der Waals surface area contributed by atoms with Crippen LogP contribution in [0.15, 0.2) is 0 Å².